The molecule has 1 aliphatic carbocycles. The molecule has 2 aliphatic rings. The molecule has 162 valence electrons. The summed E-state index contributed by atoms with van der Waals surface area (Å²) in [7, 11) is 5.18. The number of amides is 1. The van der Waals surface area contributed by atoms with E-state index in [2.05, 4.69) is 22.5 Å². The molecule has 1 saturated carbocycles. The van der Waals surface area contributed by atoms with Gasteiger partial charge < -0.3 is 20.3 Å². The topological polar surface area (TPSA) is 69.2 Å². The van der Waals surface area contributed by atoms with Gasteiger partial charge in [-0.25, -0.2) is 4.99 Å². The molecule has 8 heteroatoms. The van der Waals surface area contributed by atoms with Gasteiger partial charge in [0.15, 0.2) is 5.96 Å². The number of nitrogens with one attached hydrogen (secondary N) is 2. The molecule has 0 bridgehead atoms. The van der Waals surface area contributed by atoms with E-state index in [1.165, 1.54) is 12.8 Å². The Labute approximate surface area is 191 Å². The van der Waals surface area contributed by atoms with Crippen molar-refractivity contribution in [3.63, 3.8) is 0 Å². The standard InChI is InChI=1S/C21H33N5O2.HI/c1-15-11-17(14-26(15)18-7-8-18)24-21(23-13-20(27)25(2)3)22-12-16-5-9-19(28-4)10-6-16;/h5-6,9-10,15,17-18H,7-8,11-14H2,1-4H3,(H2,22,23,24);1H. The number of likely N-dealkylation sites (tertiary alicyclic amines) is 1. The van der Waals surface area contributed by atoms with Crippen molar-refractivity contribution >= 4 is 35.8 Å². The Kier molecular flexibility index (Phi) is 9.01. The van der Waals surface area contributed by atoms with Crippen molar-refractivity contribution < 1.29 is 9.53 Å². The highest BCUT2D eigenvalue weighted by atomic mass is 127. The van der Waals surface area contributed by atoms with Crippen molar-refractivity contribution in [2.45, 2.75) is 50.9 Å². The highest BCUT2D eigenvalue weighted by Gasteiger charge is 2.38. The number of methoxy groups -OCH3 is 1. The van der Waals surface area contributed by atoms with Crippen LogP contribution in [0.1, 0.15) is 31.7 Å². The normalized spacial score (nSPS) is 22.0. The van der Waals surface area contributed by atoms with Crippen molar-refractivity contribution in [2.24, 2.45) is 4.99 Å². The summed E-state index contributed by atoms with van der Waals surface area (Å²) in [5.41, 5.74) is 1.10. The van der Waals surface area contributed by atoms with E-state index in [0.717, 1.165) is 30.3 Å². The van der Waals surface area contributed by atoms with Gasteiger partial charge in [0.2, 0.25) is 5.91 Å². The monoisotopic (exact) mass is 515 g/mol. The summed E-state index contributed by atoms with van der Waals surface area (Å²) >= 11 is 0. The number of carbonyl (C=O) groups excluding carboxylic acids is 1. The van der Waals surface area contributed by atoms with Gasteiger partial charge in [-0.2, -0.15) is 0 Å². The number of rotatable bonds is 7. The third-order valence-electron chi connectivity index (χ3n) is 5.46. The first-order valence-corrected chi connectivity index (χ1v) is 10.1. The fourth-order valence-corrected chi connectivity index (χ4v) is 3.64. The van der Waals surface area contributed by atoms with E-state index in [4.69, 9.17) is 9.73 Å². The lowest BCUT2D eigenvalue weighted by molar-refractivity contribution is -0.127. The van der Waals surface area contributed by atoms with E-state index in [9.17, 15) is 4.79 Å². The van der Waals surface area contributed by atoms with Crippen LogP contribution in [0.4, 0.5) is 0 Å². The minimum Gasteiger partial charge on any atom is -0.497 e. The fourth-order valence-electron chi connectivity index (χ4n) is 3.64. The van der Waals surface area contributed by atoms with Crippen molar-refractivity contribution in [1.29, 1.82) is 0 Å². The molecule has 29 heavy (non-hydrogen) atoms. The number of aliphatic imine (C=N–C) groups is 1. The Balaban J connectivity index is 0.00000300. The van der Waals surface area contributed by atoms with Crippen molar-refractivity contribution in [2.75, 3.05) is 34.3 Å². The number of benzene rings is 1. The Hall–Kier alpha value is -1.55. The van der Waals surface area contributed by atoms with Crippen LogP contribution < -0.4 is 15.4 Å². The van der Waals surface area contributed by atoms with Gasteiger partial charge in [0, 0.05) is 38.8 Å². The van der Waals surface area contributed by atoms with Crippen molar-refractivity contribution in [3.8, 4) is 5.75 Å². The largest absolute Gasteiger partial charge is 0.497 e. The maximum absolute atomic E-state index is 12.0. The van der Waals surface area contributed by atoms with Crippen LogP contribution in [0.15, 0.2) is 29.3 Å². The summed E-state index contributed by atoms with van der Waals surface area (Å²) in [4.78, 5) is 20.9. The van der Waals surface area contributed by atoms with Crippen LogP contribution in [0.3, 0.4) is 0 Å². The van der Waals surface area contributed by atoms with E-state index < -0.39 is 0 Å². The van der Waals surface area contributed by atoms with Gasteiger partial charge in [-0.15, -0.1) is 24.0 Å². The molecule has 2 atom stereocenters. The second-order valence-electron chi connectivity index (χ2n) is 8.01. The zero-order valence-corrected chi connectivity index (χ0v) is 20.2. The summed E-state index contributed by atoms with van der Waals surface area (Å²) in [6, 6.07) is 9.61. The maximum Gasteiger partial charge on any atom is 0.241 e. The van der Waals surface area contributed by atoms with Gasteiger partial charge in [0.25, 0.3) is 0 Å². The Morgan fingerprint density at radius 2 is 1.97 bits per heavy atom. The van der Waals surface area contributed by atoms with Crippen LogP contribution >= 0.6 is 24.0 Å². The molecule has 2 fully saturated rings. The SMILES string of the molecule is COc1ccc(CN=C(NCC(=O)N(C)C)NC2CC(C)N(C3CC3)C2)cc1.I. The molecule has 1 aliphatic heterocycles. The number of guanidine groups is 1. The second kappa shape index (κ2) is 11.0. The van der Waals surface area contributed by atoms with Gasteiger partial charge in [0.05, 0.1) is 20.2 Å². The summed E-state index contributed by atoms with van der Waals surface area (Å²) in [6.07, 6.45) is 3.75. The summed E-state index contributed by atoms with van der Waals surface area (Å²) in [5.74, 6) is 1.56. The molecule has 1 aromatic carbocycles. The maximum atomic E-state index is 12.0. The van der Waals surface area contributed by atoms with Crippen LogP contribution in [0.5, 0.6) is 5.75 Å². The molecule has 2 N–H and O–H groups in total. The van der Waals surface area contributed by atoms with Crippen LogP contribution in [0.2, 0.25) is 0 Å². The number of halogens is 1. The average molecular weight is 515 g/mol. The number of carbonyl (C=O) groups is 1. The molecule has 3 rings (SSSR count). The third kappa shape index (κ3) is 7.02. The molecule has 1 saturated heterocycles. The van der Waals surface area contributed by atoms with Gasteiger partial charge in [0.1, 0.15) is 5.75 Å². The van der Waals surface area contributed by atoms with Crippen LogP contribution in [0.25, 0.3) is 0 Å². The first-order chi connectivity index (χ1) is 13.5. The molecule has 1 heterocycles. The molecular weight excluding hydrogens is 481 g/mol. The van der Waals surface area contributed by atoms with E-state index in [1.807, 2.05) is 24.3 Å². The molecule has 0 spiro atoms. The van der Waals surface area contributed by atoms with Gasteiger partial charge in [-0.05, 0) is 43.9 Å². The average Bonchev–Trinajstić information content (AvgIpc) is 3.46. The third-order valence-corrected chi connectivity index (χ3v) is 5.46. The summed E-state index contributed by atoms with van der Waals surface area (Å²) in [5, 5.41) is 6.75. The first kappa shape index (κ1) is 23.7. The molecule has 0 aromatic heterocycles. The highest BCUT2D eigenvalue weighted by molar-refractivity contribution is 14.0. The van der Waals surface area contributed by atoms with E-state index in [0.29, 0.717) is 24.6 Å². The van der Waals surface area contributed by atoms with Gasteiger partial charge in [-0.3, -0.25) is 9.69 Å². The Morgan fingerprint density at radius 1 is 1.28 bits per heavy atom. The fraction of sp³-hybridized carbons (Fsp3) is 0.619. The smallest absolute Gasteiger partial charge is 0.241 e. The van der Waals surface area contributed by atoms with E-state index in [1.54, 1.807) is 26.1 Å². The quantitative estimate of drug-likeness (QED) is 0.331. The number of hydrogen-bond donors (Lipinski definition) is 2. The minimum atomic E-state index is 0. The molecule has 1 amide bonds. The second-order valence-corrected chi connectivity index (χ2v) is 8.01. The van der Waals surface area contributed by atoms with E-state index >= 15 is 0 Å². The minimum absolute atomic E-state index is 0. The number of nitrogens with zero attached hydrogens (tertiary/aromatic N) is 3. The Morgan fingerprint density at radius 3 is 2.55 bits per heavy atom. The van der Waals surface area contributed by atoms with Crippen molar-refractivity contribution in [3.05, 3.63) is 29.8 Å². The summed E-state index contributed by atoms with van der Waals surface area (Å²) in [6.45, 7) is 4.12. The number of ether oxygens (including phenoxy) is 1. The lowest BCUT2D eigenvalue weighted by Gasteiger charge is -2.20. The summed E-state index contributed by atoms with van der Waals surface area (Å²) < 4.78 is 5.21. The number of likely N-dealkylation sites (N-methyl/N-ethyl adjacent to an activating group) is 1. The van der Waals surface area contributed by atoms with Gasteiger partial charge in [-0.1, -0.05) is 12.1 Å². The van der Waals surface area contributed by atoms with E-state index in [-0.39, 0.29) is 36.4 Å². The highest BCUT2D eigenvalue weighted by Crippen LogP contribution is 2.33. The molecule has 1 aromatic rings. The predicted molar refractivity (Wildman–Crippen MR) is 127 cm³/mol. The predicted octanol–water partition coefficient (Wildman–Crippen LogP) is 2.06. The molecule has 0 radical (unpaired) electrons. The molecular formula is C21H34IN5O2. The lowest BCUT2D eigenvalue weighted by atomic mass is 10.2. The first-order valence-electron chi connectivity index (χ1n) is 10.1. The van der Waals surface area contributed by atoms with Crippen LogP contribution in [-0.2, 0) is 11.3 Å². The zero-order valence-electron chi connectivity index (χ0n) is 17.9. The molecule has 7 nitrogen and oxygen atoms in total. The van der Waals surface area contributed by atoms with Gasteiger partial charge >= 0.3 is 0 Å². The molecule has 2 unspecified atom stereocenters. The Bertz CT molecular complexity index is 691. The zero-order chi connectivity index (χ0) is 20.1. The van der Waals surface area contributed by atoms with Crippen molar-refractivity contribution in [1.82, 2.24) is 20.4 Å². The lowest BCUT2D eigenvalue weighted by Crippen LogP contribution is -2.47. The van der Waals surface area contributed by atoms with Crippen LogP contribution in [-0.4, -0.2) is 74.1 Å². The van der Waals surface area contributed by atoms with Crippen LogP contribution in [0, 0.1) is 0 Å². The number of hydrogen-bond acceptors (Lipinski definition) is 4.